The number of rotatable bonds is 8. The highest BCUT2D eigenvalue weighted by Crippen LogP contribution is 2.24. The van der Waals surface area contributed by atoms with Gasteiger partial charge in [0.1, 0.15) is 23.2 Å². The van der Waals surface area contributed by atoms with Crippen molar-refractivity contribution in [3.8, 4) is 11.3 Å². The number of aromatic nitrogens is 3. The zero-order valence-electron chi connectivity index (χ0n) is 18.2. The maximum Gasteiger partial charge on any atom is 0.266 e. The van der Waals surface area contributed by atoms with E-state index >= 15 is 0 Å². The van der Waals surface area contributed by atoms with Gasteiger partial charge < -0.3 is 14.7 Å². The molecule has 0 spiro atoms. The van der Waals surface area contributed by atoms with Crippen molar-refractivity contribution >= 4 is 17.0 Å². The van der Waals surface area contributed by atoms with Crippen LogP contribution in [0.25, 0.3) is 22.4 Å². The highest BCUT2D eigenvalue weighted by atomic mass is 19.1. The number of aryl methyl sites for hydroxylation is 1. The van der Waals surface area contributed by atoms with Gasteiger partial charge in [0.2, 0.25) is 5.91 Å². The molecule has 1 aromatic carbocycles. The first-order valence-electron chi connectivity index (χ1n) is 11.1. The highest BCUT2D eigenvalue weighted by molar-refractivity contribution is 5.88. The van der Waals surface area contributed by atoms with E-state index in [1.54, 1.807) is 0 Å². The molecule has 32 heavy (non-hydrogen) atoms. The number of nitrogens with zero attached hydrogens (tertiary/aromatic N) is 4. The van der Waals surface area contributed by atoms with E-state index in [1.807, 2.05) is 0 Å². The van der Waals surface area contributed by atoms with Crippen LogP contribution in [0.3, 0.4) is 0 Å². The van der Waals surface area contributed by atoms with Crippen LogP contribution in [-0.2, 0) is 11.3 Å². The molecule has 3 aromatic rings. The van der Waals surface area contributed by atoms with Crippen molar-refractivity contribution in [2.45, 2.75) is 39.2 Å². The van der Waals surface area contributed by atoms with Crippen molar-refractivity contribution < 1.29 is 13.7 Å². The predicted molar refractivity (Wildman–Crippen MR) is 119 cm³/mol. The van der Waals surface area contributed by atoms with Gasteiger partial charge in [-0.2, -0.15) is 0 Å². The van der Waals surface area contributed by atoms with Gasteiger partial charge in [0.25, 0.3) is 11.3 Å². The number of amides is 1. The van der Waals surface area contributed by atoms with Crippen LogP contribution in [0.2, 0.25) is 0 Å². The molecule has 1 N–H and O–H groups in total. The molecule has 0 atom stereocenters. The van der Waals surface area contributed by atoms with E-state index in [-0.39, 0.29) is 41.3 Å². The standard InChI is InChI=1S/C23H28FN5O3/c1-16-7-12-28(13-8-16)11-2-10-25-19(30)9-14-29-15-26-22-20(23(29)31)21(27-32-22)17-3-5-18(24)6-4-17/h3-6,15-16H,2,7-14H2,1H3,(H,25,30). The lowest BCUT2D eigenvalue weighted by atomic mass is 9.99. The van der Waals surface area contributed by atoms with Gasteiger partial charge in [-0.05, 0) is 69.1 Å². The Balaban J connectivity index is 1.31. The van der Waals surface area contributed by atoms with Gasteiger partial charge in [-0.1, -0.05) is 12.1 Å². The number of piperidine rings is 1. The lowest BCUT2D eigenvalue weighted by Gasteiger charge is -2.30. The Morgan fingerprint density at radius 2 is 1.97 bits per heavy atom. The topological polar surface area (TPSA) is 93.3 Å². The normalized spacial score (nSPS) is 15.3. The summed E-state index contributed by atoms with van der Waals surface area (Å²) in [4.78, 5) is 31.7. The summed E-state index contributed by atoms with van der Waals surface area (Å²) < 4.78 is 19.8. The molecule has 0 unspecified atom stereocenters. The number of likely N-dealkylation sites (tertiary alicyclic amines) is 1. The smallest absolute Gasteiger partial charge is 0.266 e. The maximum absolute atomic E-state index is 13.2. The Morgan fingerprint density at radius 1 is 1.22 bits per heavy atom. The molecule has 4 rings (SSSR count). The number of halogens is 1. The SMILES string of the molecule is CC1CCN(CCCNC(=O)CCn2cnc3onc(-c4ccc(F)cc4)c3c2=O)CC1. The molecule has 1 amide bonds. The van der Waals surface area contributed by atoms with E-state index in [9.17, 15) is 14.0 Å². The minimum absolute atomic E-state index is 0.103. The van der Waals surface area contributed by atoms with Crippen LogP contribution in [0, 0.1) is 11.7 Å². The van der Waals surface area contributed by atoms with E-state index < -0.39 is 0 Å². The van der Waals surface area contributed by atoms with E-state index in [1.165, 1.54) is 48.0 Å². The van der Waals surface area contributed by atoms with Gasteiger partial charge in [0, 0.05) is 25.1 Å². The summed E-state index contributed by atoms with van der Waals surface area (Å²) in [7, 11) is 0. The minimum Gasteiger partial charge on any atom is -0.356 e. The molecule has 9 heteroatoms. The van der Waals surface area contributed by atoms with Crippen LogP contribution in [0.1, 0.15) is 32.6 Å². The van der Waals surface area contributed by atoms with E-state index in [2.05, 4.69) is 27.3 Å². The van der Waals surface area contributed by atoms with Gasteiger partial charge in [0.15, 0.2) is 0 Å². The van der Waals surface area contributed by atoms with Crippen molar-refractivity contribution in [3.63, 3.8) is 0 Å². The van der Waals surface area contributed by atoms with E-state index in [0.717, 1.165) is 32.0 Å². The molecule has 0 aliphatic carbocycles. The number of fused-ring (bicyclic) bond motifs is 1. The summed E-state index contributed by atoms with van der Waals surface area (Å²) in [5, 5.41) is 7.07. The second-order valence-corrected chi connectivity index (χ2v) is 8.44. The Hall–Kier alpha value is -3.07. The number of carbonyl (C=O) groups is 1. The second kappa shape index (κ2) is 10.0. The zero-order chi connectivity index (χ0) is 22.5. The van der Waals surface area contributed by atoms with Crippen LogP contribution in [0.4, 0.5) is 4.39 Å². The maximum atomic E-state index is 13.2. The fourth-order valence-corrected chi connectivity index (χ4v) is 3.97. The lowest BCUT2D eigenvalue weighted by Crippen LogP contribution is -2.35. The number of benzene rings is 1. The molecule has 8 nitrogen and oxygen atoms in total. The van der Waals surface area contributed by atoms with Gasteiger partial charge in [-0.3, -0.25) is 14.2 Å². The van der Waals surface area contributed by atoms with Crippen LogP contribution in [0.5, 0.6) is 0 Å². The second-order valence-electron chi connectivity index (χ2n) is 8.44. The van der Waals surface area contributed by atoms with Crippen molar-refractivity contribution in [2.24, 2.45) is 5.92 Å². The third-order valence-electron chi connectivity index (χ3n) is 6.01. The molecule has 1 fully saturated rings. The first-order valence-corrected chi connectivity index (χ1v) is 11.1. The third-order valence-corrected chi connectivity index (χ3v) is 6.01. The molecule has 1 aliphatic rings. The average molecular weight is 442 g/mol. The molecule has 1 aliphatic heterocycles. The molecule has 0 radical (unpaired) electrons. The first-order chi connectivity index (χ1) is 15.5. The molecule has 3 heterocycles. The molecular formula is C23H28FN5O3. The summed E-state index contributed by atoms with van der Waals surface area (Å²) in [6, 6.07) is 5.64. The van der Waals surface area contributed by atoms with Crippen molar-refractivity contribution in [3.05, 3.63) is 46.8 Å². The Morgan fingerprint density at radius 3 is 2.72 bits per heavy atom. The van der Waals surface area contributed by atoms with Crippen LogP contribution in [0.15, 0.2) is 39.9 Å². The molecule has 0 bridgehead atoms. The minimum atomic E-state index is -0.381. The molecule has 170 valence electrons. The lowest BCUT2D eigenvalue weighted by molar-refractivity contribution is -0.121. The Bertz CT molecular complexity index is 1120. The third kappa shape index (κ3) is 5.21. The summed E-state index contributed by atoms with van der Waals surface area (Å²) in [5.74, 6) is 0.328. The number of carbonyl (C=O) groups excluding carboxylic acids is 1. The largest absolute Gasteiger partial charge is 0.356 e. The van der Waals surface area contributed by atoms with Gasteiger partial charge >= 0.3 is 0 Å². The van der Waals surface area contributed by atoms with E-state index in [0.29, 0.717) is 17.8 Å². The fourth-order valence-electron chi connectivity index (χ4n) is 3.97. The summed E-state index contributed by atoms with van der Waals surface area (Å²) in [6.45, 7) is 6.38. The molecular weight excluding hydrogens is 413 g/mol. The first kappa shape index (κ1) is 22.1. The molecule has 2 aromatic heterocycles. The van der Waals surface area contributed by atoms with Crippen LogP contribution < -0.4 is 10.9 Å². The van der Waals surface area contributed by atoms with Crippen molar-refractivity contribution in [2.75, 3.05) is 26.2 Å². The summed E-state index contributed by atoms with van der Waals surface area (Å²) in [6.07, 6.45) is 4.93. The molecule has 0 saturated carbocycles. The van der Waals surface area contributed by atoms with Gasteiger partial charge in [-0.15, -0.1) is 0 Å². The zero-order valence-corrected chi connectivity index (χ0v) is 18.2. The predicted octanol–water partition coefficient (Wildman–Crippen LogP) is 2.82. The van der Waals surface area contributed by atoms with Crippen molar-refractivity contribution in [1.29, 1.82) is 0 Å². The highest BCUT2D eigenvalue weighted by Gasteiger charge is 2.18. The Labute approximate surface area is 185 Å². The summed E-state index contributed by atoms with van der Waals surface area (Å²) >= 11 is 0. The number of hydrogen-bond acceptors (Lipinski definition) is 6. The van der Waals surface area contributed by atoms with Crippen LogP contribution in [-0.4, -0.2) is 51.7 Å². The Kier molecular flexibility index (Phi) is 6.94. The average Bonchev–Trinajstić information content (AvgIpc) is 3.23. The van der Waals surface area contributed by atoms with Gasteiger partial charge in [-0.25, -0.2) is 9.37 Å². The quantitative estimate of drug-likeness (QED) is 0.541. The summed E-state index contributed by atoms with van der Waals surface area (Å²) in [5.41, 5.74) is 0.635. The molecule has 1 saturated heterocycles. The van der Waals surface area contributed by atoms with E-state index in [4.69, 9.17) is 4.52 Å². The van der Waals surface area contributed by atoms with Crippen LogP contribution >= 0.6 is 0 Å². The number of nitrogens with one attached hydrogen (secondary N) is 1. The number of hydrogen-bond donors (Lipinski definition) is 1. The monoisotopic (exact) mass is 441 g/mol. The van der Waals surface area contributed by atoms with Gasteiger partial charge in [0.05, 0.1) is 0 Å². The fraction of sp³-hybridized carbons (Fsp3) is 0.478. The van der Waals surface area contributed by atoms with Crippen molar-refractivity contribution in [1.82, 2.24) is 24.9 Å².